The lowest BCUT2D eigenvalue weighted by Gasteiger charge is -2.22. The molecule has 0 saturated carbocycles. The van der Waals surface area contributed by atoms with E-state index in [1.807, 2.05) is 48.5 Å². The molecule has 0 bridgehead atoms. The number of nitrogens with two attached hydrogens (primary N) is 1. The largest absolute Gasteiger partial charge is 0.507 e. The van der Waals surface area contributed by atoms with Crippen LogP contribution >= 0.6 is 12.2 Å². The lowest BCUT2D eigenvalue weighted by Crippen LogP contribution is -2.31. The first kappa shape index (κ1) is 19.0. The van der Waals surface area contributed by atoms with E-state index in [2.05, 4.69) is 5.10 Å². The van der Waals surface area contributed by atoms with Crippen molar-refractivity contribution in [3.8, 4) is 17.2 Å². The van der Waals surface area contributed by atoms with Crippen LogP contribution < -0.4 is 15.2 Å². The smallest absolute Gasteiger partial charge is 0.187 e. The zero-order valence-electron chi connectivity index (χ0n) is 16.1. The third-order valence-corrected chi connectivity index (χ3v) is 5.28. The topological polar surface area (TPSA) is 80.3 Å². The molecule has 1 aliphatic rings. The van der Waals surface area contributed by atoms with E-state index >= 15 is 0 Å². The van der Waals surface area contributed by atoms with Crippen LogP contribution in [-0.4, -0.2) is 35.2 Å². The SMILES string of the molecule is COc1cc(OC)cc(C2CC(c3c(O)ccc4ccccc34)=NN2C(N)=S)c1. The Labute approximate surface area is 174 Å². The van der Waals surface area contributed by atoms with Crippen LogP contribution in [0, 0.1) is 0 Å². The molecule has 4 rings (SSSR count). The van der Waals surface area contributed by atoms with Crippen molar-refractivity contribution in [2.75, 3.05) is 14.2 Å². The number of fused-ring (bicyclic) bond motifs is 1. The van der Waals surface area contributed by atoms with Gasteiger partial charge in [0.25, 0.3) is 0 Å². The Morgan fingerprint density at radius 3 is 2.45 bits per heavy atom. The zero-order valence-corrected chi connectivity index (χ0v) is 16.9. The predicted molar refractivity (Wildman–Crippen MR) is 118 cm³/mol. The van der Waals surface area contributed by atoms with Gasteiger partial charge in [-0.05, 0) is 46.8 Å². The highest BCUT2D eigenvalue weighted by atomic mass is 32.1. The van der Waals surface area contributed by atoms with Crippen LogP contribution in [0.2, 0.25) is 0 Å². The fourth-order valence-corrected chi connectivity index (χ4v) is 3.88. The van der Waals surface area contributed by atoms with Crippen LogP contribution in [0.15, 0.2) is 59.7 Å². The Morgan fingerprint density at radius 2 is 1.79 bits per heavy atom. The van der Waals surface area contributed by atoms with Gasteiger partial charge < -0.3 is 20.3 Å². The number of phenolic OH excluding ortho intramolecular Hbond substituents is 1. The number of benzene rings is 3. The first-order valence-electron chi connectivity index (χ1n) is 9.12. The normalized spacial score (nSPS) is 16.0. The van der Waals surface area contributed by atoms with Crippen LogP contribution in [0.1, 0.15) is 23.6 Å². The molecule has 1 aliphatic heterocycles. The van der Waals surface area contributed by atoms with Gasteiger partial charge in [-0.1, -0.05) is 30.3 Å². The molecule has 0 amide bonds. The number of hydrazone groups is 1. The van der Waals surface area contributed by atoms with Gasteiger partial charge in [0, 0.05) is 18.1 Å². The number of thiocarbonyl (C=S) groups is 1. The molecule has 3 N–H and O–H groups in total. The van der Waals surface area contributed by atoms with Crippen molar-refractivity contribution >= 4 is 33.8 Å². The maximum absolute atomic E-state index is 10.6. The van der Waals surface area contributed by atoms with Gasteiger partial charge in [-0.3, -0.25) is 0 Å². The molecule has 0 radical (unpaired) electrons. The standard InChI is InChI=1S/C22H21N3O3S/c1-27-15-9-14(10-16(11-15)28-2)19-12-18(24-25(19)22(23)29)21-17-6-4-3-5-13(17)7-8-20(21)26/h3-11,19,26H,12H2,1-2H3,(H2,23,29). The second kappa shape index (κ2) is 7.60. The summed E-state index contributed by atoms with van der Waals surface area (Å²) in [6, 6.07) is 16.9. The fraction of sp³-hybridized carbons (Fsp3) is 0.182. The average molecular weight is 407 g/mol. The van der Waals surface area contributed by atoms with Crippen molar-refractivity contribution in [1.82, 2.24) is 5.01 Å². The third-order valence-electron chi connectivity index (χ3n) is 5.09. The van der Waals surface area contributed by atoms with Gasteiger partial charge in [0.2, 0.25) is 0 Å². The van der Waals surface area contributed by atoms with Gasteiger partial charge >= 0.3 is 0 Å². The summed E-state index contributed by atoms with van der Waals surface area (Å²) in [5.41, 5.74) is 8.31. The quantitative estimate of drug-likeness (QED) is 0.638. The minimum atomic E-state index is -0.232. The van der Waals surface area contributed by atoms with E-state index in [-0.39, 0.29) is 16.9 Å². The summed E-state index contributed by atoms with van der Waals surface area (Å²) in [4.78, 5) is 0. The zero-order chi connectivity index (χ0) is 20.5. The summed E-state index contributed by atoms with van der Waals surface area (Å²) in [6.07, 6.45) is 0.523. The minimum absolute atomic E-state index is 0.159. The van der Waals surface area contributed by atoms with Gasteiger partial charge in [-0.25, -0.2) is 5.01 Å². The van der Waals surface area contributed by atoms with E-state index in [0.29, 0.717) is 23.5 Å². The van der Waals surface area contributed by atoms with Crippen molar-refractivity contribution in [2.45, 2.75) is 12.5 Å². The number of methoxy groups -OCH3 is 2. The maximum Gasteiger partial charge on any atom is 0.187 e. The van der Waals surface area contributed by atoms with Crippen LogP contribution in [0.4, 0.5) is 0 Å². The number of rotatable bonds is 4. The third kappa shape index (κ3) is 3.45. The molecule has 0 aliphatic carbocycles. The second-order valence-electron chi connectivity index (χ2n) is 6.78. The molecule has 3 aromatic carbocycles. The van der Waals surface area contributed by atoms with Gasteiger partial charge in [0.05, 0.1) is 26.0 Å². The molecule has 1 heterocycles. The maximum atomic E-state index is 10.6. The van der Waals surface area contributed by atoms with E-state index in [0.717, 1.165) is 22.0 Å². The van der Waals surface area contributed by atoms with Gasteiger partial charge in [-0.15, -0.1) is 0 Å². The van der Waals surface area contributed by atoms with Gasteiger partial charge in [0.15, 0.2) is 5.11 Å². The lowest BCUT2D eigenvalue weighted by atomic mass is 9.94. The van der Waals surface area contributed by atoms with Crippen LogP contribution in [-0.2, 0) is 0 Å². The molecule has 0 saturated heterocycles. The van der Waals surface area contributed by atoms with Crippen LogP contribution in [0.5, 0.6) is 17.2 Å². The van der Waals surface area contributed by atoms with E-state index in [4.69, 9.17) is 27.4 Å². The van der Waals surface area contributed by atoms with E-state index < -0.39 is 0 Å². The Bertz CT molecular complexity index is 1110. The molecular formula is C22H21N3O3S. The van der Waals surface area contributed by atoms with Crippen molar-refractivity contribution < 1.29 is 14.6 Å². The summed E-state index contributed by atoms with van der Waals surface area (Å²) in [7, 11) is 3.21. The van der Waals surface area contributed by atoms with Gasteiger partial charge in [-0.2, -0.15) is 5.10 Å². The van der Waals surface area contributed by atoms with Gasteiger partial charge in [0.1, 0.15) is 17.2 Å². The van der Waals surface area contributed by atoms with Crippen molar-refractivity contribution in [3.63, 3.8) is 0 Å². The molecule has 29 heavy (non-hydrogen) atoms. The summed E-state index contributed by atoms with van der Waals surface area (Å²) >= 11 is 5.26. The molecule has 6 nitrogen and oxygen atoms in total. The molecule has 148 valence electrons. The van der Waals surface area contributed by atoms with Crippen molar-refractivity contribution in [2.24, 2.45) is 10.8 Å². The van der Waals surface area contributed by atoms with E-state index in [1.165, 1.54) is 0 Å². The molecule has 7 heteroatoms. The fourth-order valence-electron chi connectivity index (χ4n) is 3.71. The van der Waals surface area contributed by atoms with Crippen LogP contribution in [0.3, 0.4) is 0 Å². The van der Waals surface area contributed by atoms with Crippen molar-refractivity contribution in [1.29, 1.82) is 0 Å². The lowest BCUT2D eigenvalue weighted by molar-refractivity contribution is 0.362. The first-order chi connectivity index (χ1) is 14.0. The summed E-state index contributed by atoms with van der Waals surface area (Å²) < 4.78 is 10.8. The predicted octanol–water partition coefficient (Wildman–Crippen LogP) is 3.96. The molecule has 0 fully saturated rings. The Hall–Kier alpha value is -3.32. The molecule has 0 aromatic heterocycles. The Morgan fingerprint density at radius 1 is 1.10 bits per heavy atom. The molecule has 1 unspecified atom stereocenters. The first-order valence-corrected chi connectivity index (χ1v) is 9.53. The molecule has 1 atom stereocenters. The molecule has 0 spiro atoms. The van der Waals surface area contributed by atoms with E-state index in [9.17, 15) is 5.11 Å². The summed E-state index contributed by atoms with van der Waals surface area (Å²) in [6.45, 7) is 0. The number of phenols is 1. The summed E-state index contributed by atoms with van der Waals surface area (Å²) in [5.74, 6) is 1.52. The van der Waals surface area contributed by atoms with Crippen LogP contribution in [0.25, 0.3) is 10.8 Å². The molecular weight excluding hydrogens is 386 g/mol. The highest BCUT2D eigenvalue weighted by Crippen LogP contribution is 2.39. The highest BCUT2D eigenvalue weighted by Gasteiger charge is 2.33. The highest BCUT2D eigenvalue weighted by molar-refractivity contribution is 7.80. The number of ether oxygens (including phenoxy) is 2. The monoisotopic (exact) mass is 407 g/mol. The molecule has 3 aromatic rings. The van der Waals surface area contributed by atoms with E-state index in [1.54, 1.807) is 25.3 Å². The van der Waals surface area contributed by atoms with Crippen molar-refractivity contribution in [3.05, 3.63) is 65.7 Å². The number of nitrogens with zero attached hydrogens (tertiary/aromatic N) is 2. The number of hydrogen-bond acceptors (Lipinski definition) is 5. The Balaban J connectivity index is 1.81. The number of hydrogen-bond donors (Lipinski definition) is 2. The Kier molecular flexibility index (Phi) is 4.98. The second-order valence-corrected chi connectivity index (χ2v) is 7.19. The number of aromatic hydroxyl groups is 1. The summed E-state index contributed by atoms with van der Waals surface area (Å²) in [5, 5.41) is 19.0. The average Bonchev–Trinajstić information content (AvgIpc) is 3.18. The minimum Gasteiger partial charge on any atom is -0.507 e.